The molecule has 0 saturated carbocycles. The van der Waals surface area contributed by atoms with Crippen molar-refractivity contribution >= 4 is 16.6 Å². The van der Waals surface area contributed by atoms with E-state index >= 15 is 0 Å². The van der Waals surface area contributed by atoms with Gasteiger partial charge in [-0.2, -0.15) is 5.10 Å². The van der Waals surface area contributed by atoms with Gasteiger partial charge in [0.1, 0.15) is 11.5 Å². The number of methoxy groups -OCH3 is 2. The Kier molecular flexibility index (Phi) is 9.24. The topological polar surface area (TPSA) is 81.7 Å². The highest BCUT2D eigenvalue weighted by molar-refractivity contribution is 5.78. The van der Waals surface area contributed by atoms with Gasteiger partial charge in [-0.15, -0.1) is 0 Å². The van der Waals surface area contributed by atoms with E-state index < -0.39 is 0 Å². The number of pyridine rings is 1. The fourth-order valence-corrected chi connectivity index (χ4v) is 4.52. The highest BCUT2D eigenvalue weighted by Gasteiger charge is 2.12. The zero-order chi connectivity index (χ0) is 27.6. The van der Waals surface area contributed by atoms with E-state index in [0.29, 0.717) is 39.5 Å². The van der Waals surface area contributed by atoms with Crippen molar-refractivity contribution < 1.29 is 18.9 Å². The first-order chi connectivity index (χ1) is 19.7. The molecule has 0 bridgehead atoms. The Hall–Kier alpha value is -4.40. The molecule has 1 N–H and O–H groups in total. The van der Waals surface area contributed by atoms with E-state index in [9.17, 15) is 0 Å². The van der Waals surface area contributed by atoms with Crippen molar-refractivity contribution in [1.82, 2.24) is 15.2 Å². The summed E-state index contributed by atoms with van der Waals surface area (Å²) in [5, 5.41) is 8.33. The van der Waals surface area contributed by atoms with Crippen LogP contribution >= 0.6 is 0 Å². The van der Waals surface area contributed by atoms with Crippen LogP contribution in [-0.4, -0.2) is 42.6 Å². The van der Waals surface area contributed by atoms with Crippen molar-refractivity contribution in [3.05, 3.63) is 114 Å². The number of ether oxygens (including phenoxy) is 4. The van der Waals surface area contributed by atoms with Gasteiger partial charge in [0.05, 0.1) is 58.1 Å². The molecule has 0 amide bonds. The Balaban J connectivity index is 1.22. The molecule has 0 fully saturated rings. The zero-order valence-electron chi connectivity index (χ0n) is 22.9. The van der Waals surface area contributed by atoms with E-state index in [0.717, 1.165) is 44.9 Å². The Labute approximate surface area is 234 Å². The van der Waals surface area contributed by atoms with Gasteiger partial charge in [-0.3, -0.25) is 10.1 Å². The molecule has 0 unspecified atom stereocenters. The number of anilines is 1. The number of aromatic nitrogens is 3. The third-order valence-corrected chi connectivity index (χ3v) is 6.58. The minimum absolute atomic E-state index is 0.406. The lowest BCUT2D eigenvalue weighted by atomic mass is 10.1. The lowest BCUT2D eigenvalue weighted by Gasteiger charge is -2.26. The van der Waals surface area contributed by atoms with Crippen molar-refractivity contribution in [1.29, 1.82) is 0 Å². The molecule has 3 aromatic carbocycles. The minimum atomic E-state index is 0.406. The van der Waals surface area contributed by atoms with Crippen LogP contribution in [0.25, 0.3) is 10.9 Å². The Morgan fingerprint density at radius 1 is 0.725 bits per heavy atom. The van der Waals surface area contributed by atoms with E-state index in [1.165, 1.54) is 5.56 Å². The number of fused-ring (bicyclic) bond motifs is 1. The van der Waals surface area contributed by atoms with Crippen LogP contribution in [0.2, 0.25) is 0 Å². The molecule has 0 saturated heterocycles. The molecule has 0 aliphatic heterocycles. The maximum Gasteiger partial charge on any atom is 0.119 e. The smallest absolute Gasteiger partial charge is 0.119 e. The van der Waals surface area contributed by atoms with E-state index in [1.54, 1.807) is 14.2 Å². The molecule has 0 aliphatic carbocycles. The maximum absolute atomic E-state index is 5.89. The summed E-state index contributed by atoms with van der Waals surface area (Å²) in [7, 11) is 3.35. The number of nitrogens with zero attached hydrogens (tertiary/aromatic N) is 3. The molecule has 206 valence electrons. The number of nitrogens with one attached hydrogen (secondary N) is 1. The molecular weight excluding hydrogens is 504 g/mol. The second kappa shape index (κ2) is 13.6. The third-order valence-electron chi connectivity index (χ3n) is 6.58. The van der Waals surface area contributed by atoms with Gasteiger partial charge in [-0.05, 0) is 59.2 Å². The first kappa shape index (κ1) is 27.2. The van der Waals surface area contributed by atoms with Gasteiger partial charge >= 0.3 is 0 Å². The molecule has 40 heavy (non-hydrogen) atoms. The number of hydrogen-bond acceptors (Lipinski definition) is 7. The summed E-state index contributed by atoms with van der Waals surface area (Å²) in [6.45, 7) is 3.32. The zero-order valence-corrected chi connectivity index (χ0v) is 22.9. The second-order valence-corrected chi connectivity index (χ2v) is 9.46. The van der Waals surface area contributed by atoms with Crippen LogP contribution in [0.15, 0.2) is 91.3 Å². The van der Waals surface area contributed by atoms with Crippen LogP contribution in [0.1, 0.15) is 22.4 Å². The van der Waals surface area contributed by atoms with Gasteiger partial charge in [-0.25, -0.2) is 0 Å². The lowest BCUT2D eigenvalue weighted by Crippen LogP contribution is -2.22. The van der Waals surface area contributed by atoms with Gasteiger partial charge in [0.25, 0.3) is 0 Å². The quantitative estimate of drug-likeness (QED) is 0.176. The minimum Gasteiger partial charge on any atom is -0.497 e. The SMILES string of the molecule is COc1cccc(COCCOCc2cc(N(Cc3cccc(OC)c3)Cc3ccc4cn[nH]c4c3)ccn2)c1. The molecule has 0 radical (unpaired) electrons. The molecule has 0 aliphatic rings. The lowest BCUT2D eigenvalue weighted by molar-refractivity contribution is 0.0328. The summed E-state index contributed by atoms with van der Waals surface area (Å²) < 4.78 is 22.4. The van der Waals surface area contributed by atoms with Crippen LogP contribution in [0, 0.1) is 0 Å². The molecular formula is C32H34N4O4. The summed E-state index contributed by atoms with van der Waals surface area (Å²) >= 11 is 0. The standard InChI is InChI=1S/C32H34N4O4/c1-37-30-7-3-5-24(15-30)20-36(21-25-9-10-27-19-34-35-32(27)17-25)29-11-12-33-28(18-29)23-40-14-13-39-22-26-6-4-8-31(16-26)38-2/h3-12,15-19H,13-14,20-23H2,1-2H3,(H,34,35). The van der Waals surface area contributed by atoms with Crippen LogP contribution in [-0.2, 0) is 35.8 Å². The molecule has 2 heterocycles. The predicted molar refractivity (Wildman–Crippen MR) is 156 cm³/mol. The van der Waals surface area contributed by atoms with E-state index in [-0.39, 0.29) is 0 Å². The highest BCUT2D eigenvalue weighted by atomic mass is 16.5. The van der Waals surface area contributed by atoms with E-state index in [2.05, 4.69) is 56.5 Å². The molecule has 2 aromatic heterocycles. The maximum atomic E-state index is 5.89. The summed E-state index contributed by atoms with van der Waals surface area (Å²) in [4.78, 5) is 6.87. The average Bonchev–Trinajstić information content (AvgIpc) is 3.47. The van der Waals surface area contributed by atoms with Gasteiger partial charge in [0.15, 0.2) is 0 Å². The first-order valence-corrected chi connectivity index (χ1v) is 13.2. The largest absolute Gasteiger partial charge is 0.497 e. The highest BCUT2D eigenvalue weighted by Crippen LogP contribution is 2.24. The third kappa shape index (κ3) is 7.37. The Bertz CT molecular complexity index is 1520. The summed E-state index contributed by atoms with van der Waals surface area (Å²) in [6.07, 6.45) is 3.68. The molecule has 8 nitrogen and oxygen atoms in total. The Morgan fingerprint density at radius 3 is 2.20 bits per heavy atom. The number of H-pyrrole nitrogens is 1. The van der Waals surface area contributed by atoms with Gasteiger partial charge in [-0.1, -0.05) is 36.4 Å². The van der Waals surface area contributed by atoms with Gasteiger partial charge in [0.2, 0.25) is 0 Å². The summed E-state index contributed by atoms with van der Waals surface area (Å²) in [5.74, 6) is 1.67. The van der Waals surface area contributed by atoms with Crippen LogP contribution in [0.3, 0.4) is 0 Å². The van der Waals surface area contributed by atoms with Crippen LogP contribution in [0.4, 0.5) is 5.69 Å². The fourth-order valence-electron chi connectivity index (χ4n) is 4.52. The van der Waals surface area contributed by atoms with Crippen molar-refractivity contribution in [2.45, 2.75) is 26.3 Å². The predicted octanol–water partition coefficient (Wildman–Crippen LogP) is 5.92. The first-order valence-electron chi connectivity index (χ1n) is 13.2. The molecule has 0 atom stereocenters. The number of rotatable bonds is 14. The summed E-state index contributed by atoms with van der Waals surface area (Å²) in [6, 6.07) is 26.6. The number of benzene rings is 3. The van der Waals surface area contributed by atoms with Crippen molar-refractivity contribution in [3.8, 4) is 11.5 Å². The van der Waals surface area contributed by atoms with Crippen LogP contribution in [0.5, 0.6) is 11.5 Å². The molecule has 0 spiro atoms. The van der Waals surface area contributed by atoms with Gasteiger partial charge in [0, 0.05) is 30.4 Å². The number of hydrogen-bond donors (Lipinski definition) is 1. The molecule has 5 aromatic rings. The van der Waals surface area contributed by atoms with Crippen molar-refractivity contribution in [2.24, 2.45) is 0 Å². The average molecular weight is 539 g/mol. The number of aromatic amines is 1. The van der Waals surface area contributed by atoms with Crippen molar-refractivity contribution in [2.75, 3.05) is 32.3 Å². The second-order valence-electron chi connectivity index (χ2n) is 9.46. The molecule has 8 heteroatoms. The fraction of sp³-hybridized carbons (Fsp3) is 0.250. The van der Waals surface area contributed by atoms with Crippen LogP contribution < -0.4 is 14.4 Å². The van der Waals surface area contributed by atoms with Gasteiger partial charge < -0.3 is 23.8 Å². The van der Waals surface area contributed by atoms with Crippen molar-refractivity contribution in [3.63, 3.8) is 0 Å². The molecule has 5 rings (SSSR count). The monoisotopic (exact) mass is 538 g/mol. The van der Waals surface area contributed by atoms with E-state index in [4.69, 9.17) is 18.9 Å². The van der Waals surface area contributed by atoms with E-state index in [1.807, 2.05) is 54.9 Å². The summed E-state index contributed by atoms with van der Waals surface area (Å²) in [5.41, 5.74) is 6.36. The Morgan fingerprint density at radius 2 is 1.43 bits per heavy atom. The normalized spacial score (nSPS) is 11.1.